The summed E-state index contributed by atoms with van der Waals surface area (Å²) in [7, 11) is 1.50. The minimum atomic E-state index is -1.08. The van der Waals surface area contributed by atoms with E-state index >= 15 is 0 Å². The number of carbonyl (C=O) groups is 1. The highest BCUT2D eigenvalue weighted by Crippen LogP contribution is 2.23. The smallest absolute Gasteiger partial charge is 0.258 e. The van der Waals surface area contributed by atoms with Crippen LogP contribution in [0.4, 0.5) is 0 Å². The van der Waals surface area contributed by atoms with Crippen molar-refractivity contribution in [3.63, 3.8) is 0 Å². The van der Waals surface area contributed by atoms with Gasteiger partial charge < -0.3 is 9.84 Å². The molecule has 0 bridgehead atoms. The number of likely N-dealkylation sites (N-methyl/N-ethyl adjacent to an activating group) is 1. The van der Waals surface area contributed by atoms with E-state index in [0.717, 1.165) is 0 Å². The van der Waals surface area contributed by atoms with Crippen LogP contribution in [0.5, 0.6) is 0 Å². The molecule has 0 saturated carbocycles. The van der Waals surface area contributed by atoms with Crippen molar-refractivity contribution in [2.24, 2.45) is 0 Å². The Morgan fingerprint density at radius 1 is 1.70 bits per heavy atom. The van der Waals surface area contributed by atoms with Crippen LogP contribution in [0.25, 0.3) is 0 Å². The highest BCUT2D eigenvalue weighted by Gasteiger charge is 2.43. The van der Waals surface area contributed by atoms with E-state index in [0.29, 0.717) is 0 Å². The number of ether oxygens (including phenoxy) is 1. The maximum atomic E-state index is 11.1. The summed E-state index contributed by atoms with van der Waals surface area (Å²) < 4.78 is 4.91. The highest BCUT2D eigenvalue weighted by molar-refractivity contribution is 5.85. The summed E-state index contributed by atoms with van der Waals surface area (Å²) in [4.78, 5) is 12.2. The molecule has 0 radical (unpaired) electrons. The van der Waals surface area contributed by atoms with E-state index in [4.69, 9.17) is 9.84 Å². The highest BCUT2D eigenvalue weighted by atomic mass is 16.7. The molecule has 4 nitrogen and oxygen atoms in total. The van der Waals surface area contributed by atoms with Gasteiger partial charge in [-0.25, -0.2) is 0 Å². The Labute approximate surface area is 59.4 Å². The molecule has 1 rings (SSSR count). The third-order valence-corrected chi connectivity index (χ3v) is 1.57. The fourth-order valence-corrected chi connectivity index (χ4v) is 0.918. The van der Waals surface area contributed by atoms with Crippen molar-refractivity contribution >= 4 is 5.91 Å². The lowest BCUT2D eigenvalue weighted by Gasteiger charge is -2.11. The van der Waals surface area contributed by atoms with Crippen molar-refractivity contribution in [3.05, 3.63) is 0 Å². The number of amides is 1. The van der Waals surface area contributed by atoms with Gasteiger partial charge in [-0.2, -0.15) is 0 Å². The molecule has 4 heteroatoms. The van der Waals surface area contributed by atoms with Gasteiger partial charge in [-0.05, 0) is 13.8 Å². The van der Waals surface area contributed by atoms with Gasteiger partial charge in [0, 0.05) is 7.05 Å². The molecule has 1 unspecified atom stereocenters. The Balaban J connectivity index is 2.82. The van der Waals surface area contributed by atoms with Crippen molar-refractivity contribution in [3.8, 4) is 0 Å². The zero-order chi connectivity index (χ0) is 7.94. The molecule has 1 heterocycles. The van der Waals surface area contributed by atoms with Gasteiger partial charge in [0.2, 0.25) is 6.41 Å². The average Bonchev–Trinajstić information content (AvgIpc) is 1.95. The normalized spacial score (nSPS) is 31.4. The third-order valence-electron chi connectivity index (χ3n) is 1.57. The molecular weight excluding hydrogens is 134 g/mol. The van der Waals surface area contributed by atoms with Crippen LogP contribution in [0, 0.1) is 0 Å². The minimum absolute atomic E-state index is 0.194. The van der Waals surface area contributed by atoms with Gasteiger partial charge in [-0.3, -0.25) is 9.69 Å². The molecule has 1 N–H and O–H groups in total. The van der Waals surface area contributed by atoms with E-state index in [-0.39, 0.29) is 5.91 Å². The standard InChI is InChI=1S/C6H11NO3/c1-6(2)4(8)7(3)5(9)10-6/h5,9H,1-3H3. The maximum Gasteiger partial charge on any atom is 0.258 e. The van der Waals surface area contributed by atoms with Crippen molar-refractivity contribution in [2.45, 2.75) is 25.9 Å². The molecule has 1 aliphatic rings. The third kappa shape index (κ3) is 0.892. The summed E-state index contributed by atoms with van der Waals surface area (Å²) in [6.45, 7) is 3.25. The van der Waals surface area contributed by atoms with Crippen molar-refractivity contribution in [2.75, 3.05) is 7.05 Å². The lowest BCUT2D eigenvalue weighted by molar-refractivity contribution is -0.162. The molecule has 0 aliphatic carbocycles. The number of aliphatic hydroxyl groups excluding tert-OH is 1. The first kappa shape index (κ1) is 7.50. The first-order chi connectivity index (χ1) is 4.45. The summed E-state index contributed by atoms with van der Waals surface area (Å²) >= 11 is 0. The molecular formula is C6H11NO3. The van der Waals surface area contributed by atoms with Gasteiger partial charge in [0.15, 0.2) is 0 Å². The minimum Gasteiger partial charge on any atom is -0.351 e. The predicted octanol–water partition coefficient (Wildman–Crippen LogP) is -0.470. The topological polar surface area (TPSA) is 49.8 Å². The largest absolute Gasteiger partial charge is 0.351 e. The van der Waals surface area contributed by atoms with Gasteiger partial charge in [0.1, 0.15) is 5.60 Å². The second-order valence-electron chi connectivity index (χ2n) is 2.87. The van der Waals surface area contributed by atoms with E-state index < -0.39 is 12.0 Å². The predicted molar refractivity (Wildman–Crippen MR) is 33.9 cm³/mol. The molecule has 1 atom stereocenters. The molecule has 0 aromatic rings. The average molecular weight is 145 g/mol. The van der Waals surface area contributed by atoms with E-state index in [1.807, 2.05) is 0 Å². The summed E-state index contributed by atoms with van der Waals surface area (Å²) in [5, 5.41) is 8.99. The molecule has 1 saturated heterocycles. The zero-order valence-corrected chi connectivity index (χ0v) is 6.29. The van der Waals surface area contributed by atoms with E-state index in [1.54, 1.807) is 13.8 Å². The maximum absolute atomic E-state index is 11.1. The molecule has 1 fully saturated rings. The van der Waals surface area contributed by atoms with Crippen LogP contribution in [0.15, 0.2) is 0 Å². The van der Waals surface area contributed by atoms with Crippen LogP contribution in [0.1, 0.15) is 13.8 Å². The van der Waals surface area contributed by atoms with Gasteiger partial charge in [0.25, 0.3) is 5.91 Å². The van der Waals surface area contributed by atoms with Gasteiger partial charge in [-0.1, -0.05) is 0 Å². The van der Waals surface area contributed by atoms with Crippen LogP contribution in [0.3, 0.4) is 0 Å². The van der Waals surface area contributed by atoms with Crippen molar-refractivity contribution < 1.29 is 14.6 Å². The molecule has 1 aliphatic heterocycles. The van der Waals surface area contributed by atoms with Gasteiger partial charge >= 0.3 is 0 Å². The van der Waals surface area contributed by atoms with Crippen LogP contribution in [-0.2, 0) is 9.53 Å². The number of hydrogen-bond acceptors (Lipinski definition) is 3. The Morgan fingerprint density at radius 3 is 2.30 bits per heavy atom. The van der Waals surface area contributed by atoms with Crippen LogP contribution in [0.2, 0.25) is 0 Å². The van der Waals surface area contributed by atoms with Gasteiger partial charge in [-0.15, -0.1) is 0 Å². The molecule has 58 valence electrons. The molecule has 0 aromatic heterocycles. The Kier molecular flexibility index (Phi) is 1.45. The summed E-state index contributed by atoms with van der Waals surface area (Å²) in [6.07, 6.45) is -1.08. The Morgan fingerprint density at radius 2 is 2.20 bits per heavy atom. The molecule has 0 spiro atoms. The number of carbonyl (C=O) groups excluding carboxylic acids is 1. The first-order valence-corrected chi connectivity index (χ1v) is 3.08. The Bertz CT molecular complexity index is 166. The summed E-state index contributed by atoms with van der Waals surface area (Å²) in [5.41, 5.74) is -0.867. The van der Waals surface area contributed by atoms with Crippen LogP contribution < -0.4 is 0 Å². The zero-order valence-electron chi connectivity index (χ0n) is 6.29. The monoisotopic (exact) mass is 145 g/mol. The number of hydrogen-bond donors (Lipinski definition) is 1. The SMILES string of the molecule is CN1C(=O)C(C)(C)OC1O. The lowest BCUT2D eigenvalue weighted by Crippen LogP contribution is -2.34. The fraction of sp³-hybridized carbons (Fsp3) is 0.833. The second kappa shape index (κ2) is 1.93. The van der Waals surface area contributed by atoms with Crippen molar-refractivity contribution in [1.82, 2.24) is 4.90 Å². The Hall–Kier alpha value is -0.610. The van der Waals surface area contributed by atoms with E-state index in [9.17, 15) is 4.79 Å². The number of nitrogens with zero attached hydrogens (tertiary/aromatic N) is 1. The van der Waals surface area contributed by atoms with Crippen LogP contribution in [-0.4, -0.2) is 35.0 Å². The van der Waals surface area contributed by atoms with E-state index in [2.05, 4.69) is 0 Å². The van der Waals surface area contributed by atoms with Crippen LogP contribution >= 0.6 is 0 Å². The number of rotatable bonds is 0. The number of aliphatic hydroxyl groups is 1. The van der Waals surface area contributed by atoms with Gasteiger partial charge in [0.05, 0.1) is 0 Å². The van der Waals surface area contributed by atoms with E-state index in [1.165, 1.54) is 11.9 Å². The summed E-state index contributed by atoms with van der Waals surface area (Å²) in [5.74, 6) is -0.194. The van der Waals surface area contributed by atoms with Crippen molar-refractivity contribution in [1.29, 1.82) is 0 Å². The lowest BCUT2D eigenvalue weighted by atomic mass is 10.1. The molecule has 10 heavy (non-hydrogen) atoms. The summed E-state index contributed by atoms with van der Waals surface area (Å²) in [6, 6.07) is 0. The first-order valence-electron chi connectivity index (χ1n) is 3.08. The molecule has 0 aromatic carbocycles. The quantitative estimate of drug-likeness (QED) is 0.501. The fourth-order valence-electron chi connectivity index (χ4n) is 0.918. The second-order valence-corrected chi connectivity index (χ2v) is 2.87. The molecule has 1 amide bonds.